The fraction of sp³-hybridized carbons (Fsp3) is 0.625. The number of likely N-dealkylation sites (tertiary alicyclic amines) is 1. The number of piperidine rings is 2. The lowest BCUT2D eigenvalue weighted by Gasteiger charge is -2.35. The number of hydrogen-bond donors (Lipinski definition) is 3. The van der Waals surface area contributed by atoms with E-state index in [9.17, 15) is 36.6 Å². The number of halogens is 8. The SMILES string of the molecule is CC1(O)CCN(CCCOc2ccccc2C(F)(F)F)CC1.CC1(O)CCNCC1.Cl.FC(F)(F)c1ccccc1OCCCBr. The second-order valence-corrected chi connectivity index (χ2v) is 12.5. The number of benzene rings is 2. The molecule has 4 rings (SSSR count). The zero-order valence-corrected chi connectivity index (χ0v) is 28.6. The Bertz CT molecular complexity index is 1120. The second-order valence-electron chi connectivity index (χ2n) is 11.7. The summed E-state index contributed by atoms with van der Waals surface area (Å²) >= 11 is 3.18. The molecule has 2 heterocycles. The predicted octanol–water partition coefficient (Wildman–Crippen LogP) is 7.73. The second kappa shape index (κ2) is 19.9. The fourth-order valence-corrected chi connectivity index (χ4v) is 4.81. The predicted molar refractivity (Wildman–Crippen MR) is 173 cm³/mol. The van der Waals surface area contributed by atoms with Gasteiger partial charge in [0, 0.05) is 25.0 Å². The number of aliphatic hydroxyl groups is 2. The summed E-state index contributed by atoms with van der Waals surface area (Å²) in [4.78, 5) is 2.21. The molecule has 2 aromatic carbocycles. The van der Waals surface area contributed by atoms with E-state index in [2.05, 4.69) is 26.1 Å². The Kier molecular flexibility index (Phi) is 18.3. The molecule has 3 N–H and O–H groups in total. The van der Waals surface area contributed by atoms with Gasteiger partial charge in [0.05, 0.1) is 35.5 Å². The van der Waals surface area contributed by atoms with Crippen LogP contribution in [0.25, 0.3) is 0 Å². The Labute approximate surface area is 282 Å². The molecule has 2 fully saturated rings. The van der Waals surface area contributed by atoms with E-state index < -0.39 is 29.1 Å². The summed E-state index contributed by atoms with van der Waals surface area (Å²) in [6.07, 6.45) is -4.17. The summed E-state index contributed by atoms with van der Waals surface area (Å²) in [5.41, 5.74) is -2.42. The summed E-state index contributed by atoms with van der Waals surface area (Å²) in [5, 5.41) is 23.1. The monoisotopic (exact) mass is 750 g/mol. The van der Waals surface area contributed by atoms with Crippen LogP contribution in [-0.2, 0) is 12.4 Å². The number of para-hydroxylation sites is 2. The van der Waals surface area contributed by atoms with Crippen molar-refractivity contribution in [2.24, 2.45) is 0 Å². The summed E-state index contributed by atoms with van der Waals surface area (Å²) in [7, 11) is 0. The highest BCUT2D eigenvalue weighted by Crippen LogP contribution is 2.37. The van der Waals surface area contributed by atoms with E-state index in [-0.39, 0.29) is 42.7 Å². The molecule has 0 bridgehead atoms. The molecule has 264 valence electrons. The van der Waals surface area contributed by atoms with Gasteiger partial charge >= 0.3 is 12.4 Å². The van der Waals surface area contributed by atoms with Crippen LogP contribution in [0.2, 0.25) is 0 Å². The molecule has 0 saturated carbocycles. The maximum atomic E-state index is 12.8. The molecule has 2 saturated heterocycles. The molecule has 0 aliphatic carbocycles. The molecule has 0 atom stereocenters. The maximum absolute atomic E-state index is 12.8. The summed E-state index contributed by atoms with van der Waals surface area (Å²) in [5.74, 6) is -0.220. The van der Waals surface area contributed by atoms with Crippen molar-refractivity contribution in [2.75, 3.05) is 51.3 Å². The van der Waals surface area contributed by atoms with Crippen molar-refractivity contribution in [1.29, 1.82) is 0 Å². The lowest BCUT2D eigenvalue weighted by molar-refractivity contribution is -0.139. The minimum atomic E-state index is -4.39. The lowest BCUT2D eigenvalue weighted by atomic mass is 9.94. The highest BCUT2D eigenvalue weighted by Gasteiger charge is 2.35. The Morgan fingerprint density at radius 1 is 0.739 bits per heavy atom. The molecule has 14 heteroatoms. The first-order valence-corrected chi connectivity index (χ1v) is 16.2. The van der Waals surface area contributed by atoms with Crippen LogP contribution in [0.3, 0.4) is 0 Å². The van der Waals surface area contributed by atoms with Gasteiger partial charge in [-0.3, -0.25) is 0 Å². The van der Waals surface area contributed by atoms with Gasteiger partial charge in [0.2, 0.25) is 0 Å². The fourth-order valence-electron chi connectivity index (χ4n) is 4.58. The van der Waals surface area contributed by atoms with E-state index in [1.807, 2.05) is 13.8 Å². The molecular weight excluding hydrogens is 706 g/mol. The lowest BCUT2D eigenvalue weighted by Crippen LogP contribution is -2.42. The average Bonchev–Trinajstić information content (AvgIpc) is 2.96. The Hall–Kier alpha value is -1.77. The van der Waals surface area contributed by atoms with Gasteiger partial charge in [0.25, 0.3) is 0 Å². The first-order valence-electron chi connectivity index (χ1n) is 15.1. The third-order valence-corrected chi connectivity index (χ3v) is 7.97. The van der Waals surface area contributed by atoms with Crippen LogP contribution >= 0.6 is 28.3 Å². The smallest absolute Gasteiger partial charge is 0.419 e. The van der Waals surface area contributed by atoms with Crippen molar-refractivity contribution in [2.45, 2.75) is 75.9 Å². The Balaban J connectivity index is 0.000000380. The van der Waals surface area contributed by atoms with Crippen LogP contribution in [0.4, 0.5) is 26.3 Å². The average molecular weight is 752 g/mol. The molecule has 46 heavy (non-hydrogen) atoms. The highest BCUT2D eigenvalue weighted by atomic mass is 79.9. The van der Waals surface area contributed by atoms with E-state index >= 15 is 0 Å². The first kappa shape index (κ1) is 42.3. The van der Waals surface area contributed by atoms with Crippen LogP contribution in [0.1, 0.15) is 63.5 Å². The van der Waals surface area contributed by atoms with Gasteiger partial charge in [-0.05, 0) is 89.7 Å². The standard InChI is InChI=1S/C16H22F3NO2.C10H10BrF3O.C6H13NO.ClH/c1-15(21)7-10-20(11-8-15)9-4-12-22-14-6-3-2-5-13(14)16(17,18)19;11-6-3-7-15-9-5-2-1-4-8(9)10(12,13)14;1-6(8)2-4-7-5-3-6;/h2-3,5-6,21H,4,7-12H2,1H3;1-2,4-5H,3,6-7H2;7-8H,2-5H2,1H3;1H. The van der Waals surface area contributed by atoms with Gasteiger partial charge < -0.3 is 29.9 Å². The highest BCUT2D eigenvalue weighted by molar-refractivity contribution is 9.09. The minimum absolute atomic E-state index is 0. The summed E-state index contributed by atoms with van der Waals surface area (Å²) < 4.78 is 86.2. The maximum Gasteiger partial charge on any atom is 0.419 e. The van der Waals surface area contributed by atoms with Crippen LogP contribution < -0.4 is 14.8 Å². The van der Waals surface area contributed by atoms with Crippen LogP contribution in [0.5, 0.6) is 11.5 Å². The number of alkyl halides is 7. The van der Waals surface area contributed by atoms with E-state index in [1.165, 1.54) is 36.4 Å². The zero-order chi connectivity index (χ0) is 33.6. The van der Waals surface area contributed by atoms with Crippen molar-refractivity contribution in [3.05, 3.63) is 59.7 Å². The minimum Gasteiger partial charge on any atom is -0.493 e. The van der Waals surface area contributed by atoms with Crippen molar-refractivity contribution >= 4 is 28.3 Å². The van der Waals surface area contributed by atoms with E-state index in [4.69, 9.17) is 9.47 Å². The summed E-state index contributed by atoms with van der Waals surface area (Å²) in [6.45, 7) is 8.58. The van der Waals surface area contributed by atoms with Gasteiger partial charge in [-0.2, -0.15) is 26.3 Å². The van der Waals surface area contributed by atoms with Crippen molar-refractivity contribution < 1.29 is 46.0 Å². The molecule has 6 nitrogen and oxygen atoms in total. The quantitative estimate of drug-likeness (QED) is 0.139. The third-order valence-electron chi connectivity index (χ3n) is 7.41. The Morgan fingerprint density at radius 3 is 1.54 bits per heavy atom. The topological polar surface area (TPSA) is 74.2 Å². The zero-order valence-electron chi connectivity index (χ0n) is 26.2. The first-order chi connectivity index (χ1) is 21.0. The van der Waals surface area contributed by atoms with E-state index in [1.54, 1.807) is 0 Å². The number of nitrogens with one attached hydrogen (secondary N) is 1. The van der Waals surface area contributed by atoms with Crippen molar-refractivity contribution in [3.8, 4) is 11.5 Å². The largest absolute Gasteiger partial charge is 0.493 e. The van der Waals surface area contributed by atoms with E-state index in [0.717, 1.165) is 70.5 Å². The van der Waals surface area contributed by atoms with Gasteiger partial charge in [0.1, 0.15) is 11.5 Å². The van der Waals surface area contributed by atoms with Gasteiger partial charge in [-0.1, -0.05) is 40.2 Å². The Morgan fingerprint density at radius 2 is 1.15 bits per heavy atom. The van der Waals surface area contributed by atoms with Gasteiger partial charge in [-0.15, -0.1) is 12.4 Å². The normalized spacial score (nSPS) is 17.7. The van der Waals surface area contributed by atoms with Crippen LogP contribution in [-0.4, -0.2) is 77.6 Å². The number of hydrogen-bond acceptors (Lipinski definition) is 6. The molecule has 2 aliphatic heterocycles. The molecule has 0 radical (unpaired) electrons. The molecule has 2 aliphatic rings. The van der Waals surface area contributed by atoms with Crippen molar-refractivity contribution in [3.63, 3.8) is 0 Å². The number of ether oxygens (including phenoxy) is 2. The van der Waals surface area contributed by atoms with Crippen LogP contribution in [0.15, 0.2) is 48.5 Å². The number of nitrogens with zero attached hydrogens (tertiary/aromatic N) is 1. The molecule has 0 aromatic heterocycles. The molecule has 0 spiro atoms. The number of rotatable bonds is 9. The van der Waals surface area contributed by atoms with E-state index in [0.29, 0.717) is 18.2 Å². The molecular formula is C32H46BrClF6N2O4. The molecule has 0 unspecified atom stereocenters. The van der Waals surface area contributed by atoms with Crippen LogP contribution in [0, 0.1) is 0 Å². The van der Waals surface area contributed by atoms with Crippen molar-refractivity contribution in [1.82, 2.24) is 10.2 Å². The third kappa shape index (κ3) is 16.4. The molecule has 0 amide bonds. The summed E-state index contributed by atoms with van der Waals surface area (Å²) in [6, 6.07) is 10.5. The van der Waals surface area contributed by atoms with Gasteiger partial charge in [0.15, 0.2) is 0 Å². The van der Waals surface area contributed by atoms with Gasteiger partial charge in [-0.25, -0.2) is 0 Å². The molecule has 2 aromatic rings.